The van der Waals surface area contributed by atoms with Crippen LogP contribution in [-0.2, 0) is 13.5 Å². The second kappa shape index (κ2) is 7.94. The molecule has 7 nitrogen and oxygen atoms in total. The maximum absolute atomic E-state index is 12.8. The number of rotatable bonds is 6. The number of hydrogen-bond donors (Lipinski definition) is 1. The number of aryl methyl sites for hydroxylation is 1. The highest BCUT2D eigenvalue weighted by Crippen LogP contribution is 2.28. The molecule has 0 atom stereocenters. The van der Waals surface area contributed by atoms with Gasteiger partial charge < -0.3 is 23.8 Å². The van der Waals surface area contributed by atoms with Crippen LogP contribution in [0.25, 0.3) is 21.9 Å². The standard InChI is InChI=1S/C23H22N2O5/c1-25-17(13-16-21(25)15-6-4-5-7-18(15)30-23(16)27)22(26)24-11-10-14-8-9-19(28-2)20(12-14)29-3/h4-9,12-13H,10-11H2,1-3H3,(H,24,26). The molecule has 4 rings (SSSR count). The van der Waals surface area contributed by atoms with Crippen LogP contribution in [-0.4, -0.2) is 31.2 Å². The zero-order valence-electron chi connectivity index (χ0n) is 17.0. The Balaban J connectivity index is 1.56. The summed E-state index contributed by atoms with van der Waals surface area (Å²) in [5.41, 5.74) is 2.14. The number of fused-ring (bicyclic) bond motifs is 3. The van der Waals surface area contributed by atoms with E-state index in [1.165, 1.54) is 0 Å². The number of aromatic nitrogens is 1. The van der Waals surface area contributed by atoms with Gasteiger partial charge in [-0.2, -0.15) is 0 Å². The van der Waals surface area contributed by atoms with Crippen LogP contribution in [0, 0.1) is 0 Å². The molecule has 0 aliphatic heterocycles. The summed E-state index contributed by atoms with van der Waals surface area (Å²) in [6, 6.07) is 14.5. The van der Waals surface area contributed by atoms with Crippen molar-refractivity contribution in [3.05, 3.63) is 70.2 Å². The van der Waals surface area contributed by atoms with Gasteiger partial charge in [-0.3, -0.25) is 4.79 Å². The van der Waals surface area contributed by atoms with E-state index in [0.29, 0.717) is 46.6 Å². The number of para-hydroxylation sites is 1. The van der Waals surface area contributed by atoms with Crippen molar-refractivity contribution in [3.8, 4) is 11.5 Å². The van der Waals surface area contributed by atoms with Gasteiger partial charge in [-0.1, -0.05) is 18.2 Å². The fraction of sp³-hybridized carbons (Fsp3) is 0.217. The van der Waals surface area contributed by atoms with Gasteiger partial charge in [0.1, 0.15) is 11.3 Å². The lowest BCUT2D eigenvalue weighted by Gasteiger charge is -2.10. The SMILES string of the molecule is COc1ccc(CCNC(=O)c2cc3c(=O)oc4ccccc4c3n2C)cc1OC. The highest BCUT2D eigenvalue weighted by atomic mass is 16.5. The molecule has 0 spiro atoms. The number of amides is 1. The van der Waals surface area contributed by atoms with Crippen molar-refractivity contribution in [2.24, 2.45) is 7.05 Å². The Morgan fingerprint density at radius 2 is 1.80 bits per heavy atom. The smallest absolute Gasteiger partial charge is 0.345 e. The minimum atomic E-state index is -0.455. The summed E-state index contributed by atoms with van der Waals surface area (Å²) in [5.74, 6) is 1.05. The van der Waals surface area contributed by atoms with Crippen LogP contribution in [0.15, 0.2) is 57.7 Å². The van der Waals surface area contributed by atoms with E-state index < -0.39 is 5.63 Å². The highest BCUT2D eigenvalue weighted by molar-refractivity contribution is 6.07. The molecule has 0 bridgehead atoms. The number of hydrogen-bond acceptors (Lipinski definition) is 5. The van der Waals surface area contributed by atoms with Crippen molar-refractivity contribution in [1.29, 1.82) is 0 Å². The maximum atomic E-state index is 12.8. The molecule has 1 N–H and O–H groups in total. The van der Waals surface area contributed by atoms with E-state index in [-0.39, 0.29) is 5.91 Å². The minimum Gasteiger partial charge on any atom is -0.493 e. The lowest BCUT2D eigenvalue weighted by molar-refractivity contribution is 0.0946. The number of nitrogens with zero attached hydrogens (tertiary/aromatic N) is 1. The van der Waals surface area contributed by atoms with Crippen LogP contribution >= 0.6 is 0 Å². The molecule has 4 aromatic rings. The fourth-order valence-corrected chi connectivity index (χ4v) is 3.66. The Labute approximate surface area is 172 Å². The van der Waals surface area contributed by atoms with Crippen LogP contribution in [0.4, 0.5) is 0 Å². The van der Waals surface area contributed by atoms with Gasteiger partial charge in [-0.05, 0) is 42.3 Å². The Hall–Kier alpha value is -3.74. The van der Waals surface area contributed by atoms with E-state index in [1.807, 2.05) is 36.4 Å². The monoisotopic (exact) mass is 406 g/mol. The average Bonchev–Trinajstić information content (AvgIpc) is 3.12. The zero-order valence-corrected chi connectivity index (χ0v) is 17.0. The second-order valence-electron chi connectivity index (χ2n) is 6.93. The van der Waals surface area contributed by atoms with Gasteiger partial charge in [-0.15, -0.1) is 0 Å². The third kappa shape index (κ3) is 3.39. The van der Waals surface area contributed by atoms with Gasteiger partial charge in [-0.25, -0.2) is 4.79 Å². The first-order valence-corrected chi connectivity index (χ1v) is 9.54. The van der Waals surface area contributed by atoms with Crippen LogP contribution in [0.3, 0.4) is 0 Å². The molecule has 0 fully saturated rings. The van der Waals surface area contributed by atoms with Crippen molar-refractivity contribution in [2.75, 3.05) is 20.8 Å². The maximum Gasteiger partial charge on any atom is 0.345 e. The summed E-state index contributed by atoms with van der Waals surface area (Å²) in [5, 5.41) is 4.10. The third-order valence-electron chi connectivity index (χ3n) is 5.18. The summed E-state index contributed by atoms with van der Waals surface area (Å²) in [4.78, 5) is 25.1. The molecule has 2 heterocycles. The summed E-state index contributed by atoms with van der Waals surface area (Å²) >= 11 is 0. The van der Waals surface area contributed by atoms with Crippen LogP contribution < -0.4 is 20.4 Å². The summed E-state index contributed by atoms with van der Waals surface area (Å²) in [6.07, 6.45) is 0.626. The topological polar surface area (TPSA) is 82.7 Å². The van der Waals surface area contributed by atoms with Crippen LogP contribution in [0.1, 0.15) is 16.1 Å². The summed E-state index contributed by atoms with van der Waals surface area (Å²) < 4.78 is 17.7. The number of nitrogens with one attached hydrogen (secondary N) is 1. The van der Waals surface area contributed by atoms with Crippen molar-refractivity contribution in [3.63, 3.8) is 0 Å². The average molecular weight is 406 g/mol. The number of benzene rings is 2. The molecule has 2 aromatic carbocycles. The molecular weight excluding hydrogens is 384 g/mol. The number of methoxy groups -OCH3 is 2. The van der Waals surface area contributed by atoms with Crippen LogP contribution in [0.5, 0.6) is 11.5 Å². The summed E-state index contributed by atoms with van der Waals surface area (Å²) in [7, 11) is 4.95. The van der Waals surface area contributed by atoms with Gasteiger partial charge >= 0.3 is 5.63 Å². The van der Waals surface area contributed by atoms with E-state index in [0.717, 1.165) is 10.9 Å². The first-order valence-electron chi connectivity index (χ1n) is 9.54. The Morgan fingerprint density at radius 3 is 2.57 bits per heavy atom. The van der Waals surface area contributed by atoms with E-state index in [4.69, 9.17) is 13.9 Å². The molecule has 1 amide bonds. The molecule has 7 heteroatoms. The first-order chi connectivity index (χ1) is 14.5. The third-order valence-corrected chi connectivity index (χ3v) is 5.18. The van der Waals surface area contributed by atoms with E-state index in [1.54, 1.807) is 38.0 Å². The second-order valence-corrected chi connectivity index (χ2v) is 6.93. The fourth-order valence-electron chi connectivity index (χ4n) is 3.66. The lowest BCUT2D eigenvalue weighted by Crippen LogP contribution is -2.27. The van der Waals surface area contributed by atoms with Gasteiger partial charge in [0, 0.05) is 19.0 Å². The molecule has 2 aromatic heterocycles. The van der Waals surface area contributed by atoms with E-state index in [2.05, 4.69) is 5.32 Å². The molecule has 30 heavy (non-hydrogen) atoms. The lowest BCUT2D eigenvalue weighted by atomic mass is 10.1. The molecule has 0 saturated carbocycles. The quantitative estimate of drug-likeness (QED) is 0.497. The minimum absolute atomic E-state index is 0.252. The molecule has 0 aliphatic rings. The normalized spacial score (nSPS) is 11.0. The molecule has 0 unspecified atom stereocenters. The molecule has 0 radical (unpaired) electrons. The Kier molecular flexibility index (Phi) is 5.18. The predicted molar refractivity (Wildman–Crippen MR) is 115 cm³/mol. The van der Waals surface area contributed by atoms with Crippen molar-refractivity contribution in [2.45, 2.75) is 6.42 Å². The van der Waals surface area contributed by atoms with Crippen molar-refractivity contribution < 1.29 is 18.7 Å². The van der Waals surface area contributed by atoms with Crippen molar-refractivity contribution >= 4 is 27.8 Å². The van der Waals surface area contributed by atoms with E-state index in [9.17, 15) is 9.59 Å². The summed E-state index contributed by atoms with van der Waals surface area (Å²) in [6.45, 7) is 0.436. The van der Waals surface area contributed by atoms with Gasteiger partial charge in [0.05, 0.1) is 25.1 Å². The van der Waals surface area contributed by atoms with Crippen molar-refractivity contribution in [1.82, 2.24) is 9.88 Å². The van der Waals surface area contributed by atoms with E-state index >= 15 is 0 Å². The van der Waals surface area contributed by atoms with Gasteiger partial charge in [0.2, 0.25) is 0 Å². The molecule has 154 valence electrons. The number of carbonyl (C=O) groups is 1. The van der Waals surface area contributed by atoms with Gasteiger partial charge in [0.25, 0.3) is 5.91 Å². The largest absolute Gasteiger partial charge is 0.493 e. The van der Waals surface area contributed by atoms with Gasteiger partial charge in [0.15, 0.2) is 11.5 Å². The highest BCUT2D eigenvalue weighted by Gasteiger charge is 2.18. The molecule has 0 saturated heterocycles. The number of ether oxygens (including phenoxy) is 2. The Morgan fingerprint density at radius 1 is 1.03 bits per heavy atom. The Bertz CT molecular complexity index is 1300. The molecular formula is C23H22N2O5. The first kappa shape index (κ1) is 19.6. The van der Waals surface area contributed by atoms with Crippen LogP contribution in [0.2, 0.25) is 0 Å². The zero-order chi connectivity index (χ0) is 21.3. The number of carbonyl (C=O) groups excluding carboxylic acids is 1. The molecule has 0 aliphatic carbocycles. The predicted octanol–water partition coefficient (Wildman–Crippen LogP) is 3.27.